The van der Waals surface area contributed by atoms with Gasteiger partial charge in [-0.15, -0.1) is 0 Å². The first-order valence-electron chi connectivity index (χ1n) is 5.95. The van der Waals surface area contributed by atoms with E-state index < -0.39 is 30.1 Å². The Morgan fingerprint density at radius 1 is 1.45 bits per heavy atom. The van der Waals surface area contributed by atoms with Gasteiger partial charge in [-0.2, -0.15) is 5.26 Å². The Kier molecular flexibility index (Phi) is 5.74. The van der Waals surface area contributed by atoms with Crippen molar-refractivity contribution in [2.24, 2.45) is 0 Å². The lowest BCUT2D eigenvalue weighted by molar-refractivity contribution is -0.140. The first-order chi connectivity index (χ1) is 9.43. The number of aliphatic carboxylic acids is 2. The summed E-state index contributed by atoms with van der Waals surface area (Å²) in [4.78, 5) is 34.5. The van der Waals surface area contributed by atoms with Crippen LogP contribution in [0.3, 0.4) is 0 Å². The van der Waals surface area contributed by atoms with Crippen molar-refractivity contribution in [2.75, 3.05) is 19.7 Å². The SMILES string of the molecule is N#CC1CN(C(=O)NC(CCC(=O)O)C(=O)O)CCO1. The summed E-state index contributed by atoms with van der Waals surface area (Å²) >= 11 is 0. The maximum Gasteiger partial charge on any atom is 0.326 e. The summed E-state index contributed by atoms with van der Waals surface area (Å²) in [5.74, 6) is -2.44. The first kappa shape index (κ1) is 15.7. The van der Waals surface area contributed by atoms with Crippen molar-refractivity contribution in [2.45, 2.75) is 25.0 Å². The number of ether oxygens (including phenoxy) is 1. The zero-order valence-corrected chi connectivity index (χ0v) is 10.6. The van der Waals surface area contributed by atoms with Crippen LogP contribution < -0.4 is 5.32 Å². The molecule has 1 aliphatic rings. The van der Waals surface area contributed by atoms with E-state index in [4.69, 9.17) is 20.2 Å². The van der Waals surface area contributed by atoms with E-state index in [-0.39, 0.29) is 32.5 Å². The van der Waals surface area contributed by atoms with Gasteiger partial charge in [0, 0.05) is 13.0 Å². The Labute approximate surface area is 114 Å². The number of nitrogens with one attached hydrogen (secondary N) is 1. The minimum atomic E-state index is -1.30. The van der Waals surface area contributed by atoms with Crippen LogP contribution in [-0.2, 0) is 14.3 Å². The van der Waals surface area contributed by atoms with E-state index in [0.717, 1.165) is 0 Å². The number of morpholine rings is 1. The third kappa shape index (κ3) is 4.74. The Morgan fingerprint density at radius 3 is 2.70 bits per heavy atom. The number of carboxylic acids is 2. The molecule has 110 valence electrons. The molecule has 0 aromatic carbocycles. The first-order valence-corrected chi connectivity index (χ1v) is 5.95. The van der Waals surface area contributed by atoms with Gasteiger partial charge in [-0.25, -0.2) is 9.59 Å². The van der Waals surface area contributed by atoms with Gasteiger partial charge in [0.15, 0.2) is 6.10 Å². The van der Waals surface area contributed by atoms with Gasteiger partial charge in [0.1, 0.15) is 6.04 Å². The van der Waals surface area contributed by atoms with Crippen molar-refractivity contribution in [3.05, 3.63) is 0 Å². The summed E-state index contributed by atoms with van der Waals surface area (Å²) in [6, 6.07) is -0.0558. The number of hydrogen-bond donors (Lipinski definition) is 3. The van der Waals surface area contributed by atoms with Crippen molar-refractivity contribution < 1.29 is 29.3 Å². The van der Waals surface area contributed by atoms with Crippen molar-refractivity contribution in [1.29, 1.82) is 5.26 Å². The van der Waals surface area contributed by atoms with Gasteiger partial charge >= 0.3 is 18.0 Å². The van der Waals surface area contributed by atoms with Gasteiger partial charge in [0.2, 0.25) is 0 Å². The molecule has 20 heavy (non-hydrogen) atoms. The van der Waals surface area contributed by atoms with Crippen LogP contribution >= 0.6 is 0 Å². The number of amides is 2. The molecule has 0 bridgehead atoms. The highest BCUT2D eigenvalue weighted by atomic mass is 16.5. The van der Waals surface area contributed by atoms with Crippen LogP contribution in [0.4, 0.5) is 4.79 Å². The molecule has 9 nitrogen and oxygen atoms in total. The summed E-state index contributed by atoms with van der Waals surface area (Å²) in [6.45, 7) is 0.487. The molecule has 0 saturated carbocycles. The normalized spacial score (nSPS) is 19.8. The molecule has 1 rings (SSSR count). The molecule has 2 amide bonds. The maximum absolute atomic E-state index is 11.9. The minimum Gasteiger partial charge on any atom is -0.481 e. The number of carbonyl (C=O) groups excluding carboxylic acids is 1. The van der Waals surface area contributed by atoms with Crippen LogP contribution in [0.25, 0.3) is 0 Å². The maximum atomic E-state index is 11.9. The lowest BCUT2D eigenvalue weighted by atomic mass is 10.1. The summed E-state index contributed by atoms with van der Waals surface area (Å²) < 4.78 is 5.06. The largest absolute Gasteiger partial charge is 0.481 e. The lowest BCUT2D eigenvalue weighted by Gasteiger charge is -2.30. The average Bonchev–Trinajstić information content (AvgIpc) is 2.42. The summed E-state index contributed by atoms with van der Waals surface area (Å²) in [5.41, 5.74) is 0. The van der Waals surface area contributed by atoms with Crippen LogP contribution in [0.2, 0.25) is 0 Å². The number of nitriles is 1. The van der Waals surface area contributed by atoms with Gasteiger partial charge < -0.3 is 25.2 Å². The third-order valence-electron chi connectivity index (χ3n) is 2.74. The molecule has 3 N–H and O–H groups in total. The van der Waals surface area contributed by atoms with E-state index in [2.05, 4.69) is 5.32 Å². The summed E-state index contributed by atoms with van der Waals surface area (Å²) in [5, 5.41) is 28.4. The van der Waals surface area contributed by atoms with Crippen LogP contribution in [0.5, 0.6) is 0 Å². The average molecular weight is 285 g/mol. The second-order valence-corrected chi connectivity index (χ2v) is 4.21. The molecule has 0 spiro atoms. The highest BCUT2D eigenvalue weighted by molar-refractivity contribution is 5.83. The second kappa shape index (κ2) is 7.30. The van der Waals surface area contributed by atoms with Crippen LogP contribution in [0.15, 0.2) is 0 Å². The van der Waals surface area contributed by atoms with Crippen molar-refractivity contribution >= 4 is 18.0 Å². The number of carboxylic acid groups (broad SMARTS) is 2. The van der Waals surface area contributed by atoms with E-state index >= 15 is 0 Å². The van der Waals surface area contributed by atoms with Crippen molar-refractivity contribution in [3.63, 3.8) is 0 Å². The molecule has 1 heterocycles. The quantitative estimate of drug-likeness (QED) is 0.603. The fourth-order valence-electron chi connectivity index (χ4n) is 1.68. The van der Waals surface area contributed by atoms with Gasteiger partial charge in [-0.3, -0.25) is 4.79 Å². The fraction of sp³-hybridized carbons (Fsp3) is 0.636. The number of nitrogens with zero attached hydrogens (tertiary/aromatic N) is 2. The van der Waals surface area contributed by atoms with Gasteiger partial charge in [-0.1, -0.05) is 0 Å². The Bertz CT molecular complexity index is 432. The van der Waals surface area contributed by atoms with Crippen molar-refractivity contribution in [3.8, 4) is 6.07 Å². The Hall–Kier alpha value is -2.34. The summed E-state index contributed by atoms with van der Waals surface area (Å²) in [7, 11) is 0. The lowest BCUT2D eigenvalue weighted by Crippen LogP contribution is -2.53. The smallest absolute Gasteiger partial charge is 0.326 e. The van der Waals surface area contributed by atoms with Gasteiger partial charge in [0.05, 0.1) is 19.2 Å². The predicted octanol–water partition coefficient (Wildman–Crippen LogP) is -0.762. The number of urea groups is 1. The molecule has 0 aliphatic carbocycles. The highest BCUT2D eigenvalue weighted by Crippen LogP contribution is 2.06. The van der Waals surface area contributed by atoms with E-state index in [9.17, 15) is 14.4 Å². The molecular formula is C11H15N3O6. The van der Waals surface area contributed by atoms with Crippen LogP contribution in [0, 0.1) is 11.3 Å². The number of hydrogen-bond acceptors (Lipinski definition) is 5. The zero-order chi connectivity index (χ0) is 15.1. The highest BCUT2D eigenvalue weighted by Gasteiger charge is 2.27. The topological polar surface area (TPSA) is 140 Å². The fourth-order valence-corrected chi connectivity index (χ4v) is 1.68. The van der Waals surface area contributed by atoms with E-state index in [1.54, 1.807) is 0 Å². The van der Waals surface area contributed by atoms with E-state index in [0.29, 0.717) is 0 Å². The monoisotopic (exact) mass is 285 g/mol. The predicted molar refractivity (Wildman–Crippen MR) is 63.8 cm³/mol. The molecule has 0 aromatic rings. The van der Waals surface area contributed by atoms with E-state index in [1.165, 1.54) is 4.90 Å². The standard InChI is InChI=1S/C11H15N3O6/c12-5-7-6-14(3-4-20-7)11(19)13-8(10(17)18)1-2-9(15)16/h7-8H,1-4,6H2,(H,13,19)(H,15,16)(H,17,18). The number of rotatable bonds is 5. The Morgan fingerprint density at radius 2 is 2.15 bits per heavy atom. The Balaban J connectivity index is 2.55. The zero-order valence-electron chi connectivity index (χ0n) is 10.6. The molecule has 1 aliphatic heterocycles. The van der Waals surface area contributed by atoms with Crippen LogP contribution in [0.1, 0.15) is 12.8 Å². The second-order valence-electron chi connectivity index (χ2n) is 4.21. The van der Waals surface area contributed by atoms with Crippen LogP contribution in [-0.4, -0.2) is 64.9 Å². The minimum absolute atomic E-state index is 0.0492. The molecule has 2 unspecified atom stereocenters. The van der Waals surface area contributed by atoms with Crippen molar-refractivity contribution in [1.82, 2.24) is 10.2 Å². The molecule has 2 atom stereocenters. The molecule has 0 radical (unpaired) electrons. The molecule has 0 aromatic heterocycles. The van der Waals surface area contributed by atoms with E-state index in [1.807, 2.05) is 6.07 Å². The third-order valence-corrected chi connectivity index (χ3v) is 2.74. The van der Waals surface area contributed by atoms with Gasteiger partial charge in [-0.05, 0) is 6.42 Å². The number of carbonyl (C=O) groups is 3. The molecule has 1 fully saturated rings. The molecule has 9 heteroatoms. The molecule has 1 saturated heterocycles. The molecular weight excluding hydrogens is 270 g/mol. The summed E-state index contributed by atoms with van der Waals surface area (Å²) in [6.07, 6.45) is -1.30. The van der Waals surface area contributed by atoms with Gasteiger partial charge in [0.25, 0.3) is 0 Å².